The number of aryl methyl sites for hydroxylation is 1. The molecule has 0 spiro atoms. The standard InChI is InChI=1S/C13H19N7O2/c1-17-4-3-15-13(17)12-9-14-2-5-18(12)6-7-19-10-11(8-16-19)20(21)22/h3-4,8,10,12,14H,2,5-7,9H2,1H3. The molecule has 1 fully saturated rings. The Balaban J connectivity index is 1.66. The average Bonchev–Trinajstić information content (AvgIpc) is 3.14. The maximum atomic E-state index is 10.7. The van der Waals surface area contributed by atoms with Crippen molar-refractivity contribution in [2.24, 2.45) is 7.05 Å². The van der Waals surface area contributed by atoms with Crippen molar-refractivity contribution in [1.82, 2.24) is 29.5 Å². The third-order valence-electron chi connectivity index (χ3n) is 3.96. The molecule has 0 aliphatic carbocycles. The average molecular weight is 305 g/mol. The van der Waals surface area contributed by atoms with Gasteiger partial charge in [-0.05, 0) is 0 Å². The van der Waals surface area contributed by atoms with Crippen LogP contribution in [0.2, 0.25) is 0 Å². The van der Waals surface area contributed by atoms with E-state index in [0.29, 0.717) is 6.54 Å². The van der Waals surface area contributed by atoms with Crippen LogP contribution in [-0.4, -0.2) is 55.3 Å². The summed E-state index contributed by atoms with van der Waals surface area (Å²) in [6.45, 7) is 4.10. The van der Waals surface area contributed by atoms with Gasteiger partial charge in [0.2, 0.25) is 0 Å². The van der Waals surface area contributed by atoms with Crippen molar-refractivity contribution in [3.8, 4) is 0 Å². The van der Waals surface area contributed by atoms with Crippen LogP contribution in [0.1, 0.15) is 11.9 Å². The summed E-state index contributed by atoms with van der Waals surface area (Å²) in [6.07, 6.45) is 6.50. The lowest BCUT2D eigenvalue weighted by atomic mass is 10.1. The maximum Gasteiger partial charge on any atom is 0.306 e. The van der Waals surface area contributed by atoms with E-state index in [-0.39, 0.29) is 11.7 Å². The number of hydrogen-bond donors (Lipinski definition) is 1. The van der Waals surface area contributed by atoms with Crippen LogP contribution in [0.15, 0.2) is 24.8 Å². The zero-order valence-corrected chi connectivity index (χ0v) is 12.4. The summed E-state index contributed by atoms with van der Waals surface area (Å²) in [7, 11) is 1.99. The largest absolute Gasteiger partial charge is 0.337 e. The summed E-state index contributed by atoms with van der Waals surface area (Å²) in [5.74, 6) is 1.03. The van der Waals surface area contributed by atoms with E-state index >= 15 is 0 Å². The van der Waals surface area contributed by atoms with Crippen LogP contribution in [0.25, 0.3) is 0 Å². The molecule has 22 heavy (non-hydrogen) atoms. The molecule has 3 rings (SSSR count). The number of nitrogens with one attached hydrogen (secondary N) is 1. The Labute approximate surface area is 127 Å². The molecule has 1 saturated heterocycles. The molecule has 0 aromatic carbocycles. The monoisotopic (exact) mass is 305 g/mol. The van der Waals surface area contributed by atoms with E-state index in [1.165, 1.54) is 12.4 Å². The third kappa shape index (κ3) is 3.00. The minimum atomic E-state index is -0.426. The summed E-state index contributed by atoms with van der Waals surface area (Å²) >= 11 is 0. The number of hydrogen-bond acceptors (Lipinski definition) is 6. The second kappa shape index (κ2) is 6.24. The highest BCUT2D eigenvalue weighted by Crippen LogP contribution is 2.20. The first-order valence-electron chi connectivity index (χ1n) is 7.24. The van der Waals surface area contributed by atoms with Crippen molar-refractivity contribution < 1.29 is 4.92 Å². The summed E-state index contributed by atoms with van der Waals surface area (Å²) < 4.78 is 3.65. The molecule has 1 atom stereocenters. The van der Waals surface area contributed by atoms with Crippen LogP contribution in [0.4, 0.5) is 5.69 Å². The third-order valence-corrected chi connectivity index (χ3v) is 3.96. The Morgan fingerprint density at radius 1 is 1.50 bits per heavy atom. The van der Waals surface area contributed by atoms with Crippen LogP contribution in [0, 0.1) is 10.1 Å². The Kier molecular flexibility index (Phi) is 4.16. The number of rotatable bonds is 5. The molecule has 0 radical (unpaired) electrons. The van der Waals surface area contributed by atoms with Gasteiger partial charge in [0.25, 0.3) is 0 Å². The molecule has 1 aliphatic rings. The minimum Gasteiger partial charge on any atom is -0.337 e. The first-order valence-corrected chi connectivity index (χ1v) is 7.24. The van der Waals surface area contributed by atoms with E-state index < -0.39 is 4.92 Å². The lowest BCUT2D eigenvalue weighted by molar-refractivity contribution is -0.385. The van der Waals surface area contributed by atoms with Gasteiger partial charge in [-0.15, -0.1) is 0 Å². The molecule has 118 valence electrons. The summed E-state index contributed by atoms with van der Waals surface area (Å²) in [6, 6.07) is 0.208. The first kappa shape index (κ1) is 14.7. The molecule has 1 aliphatic heterocycles. The zero-order valence-electron chi connectivity index (χ0n) is 12.4. The van der Waals surface area contributed by atoms with Crippen molar-refractivity contribution in [1.29, 1.82) is 0 Å². The van der Waals surface area contributed by atoms with Crippen LogP contribution < -0.4 is 5.32 Å². The second-order valence-electron chi connectivity index (χ2n) is 5.37. The smallest absolute Gasteiger partial charge is 0.306 e. The fourth-order valence-corrected chi connectivity index (χ4v) is 2.77. The van der Waals surface area contributed by atoms with Gasteiger partial charge < -0.3 is 9.88 Å². The molecule has 2 aromatic rings. The Morgan fingerprint density at radius 3 is 3.05 bits per heavy atom. The van der Waals surface area contributed by atoms with Crippen LogP contribution >= 0.6 is 0 Å². The van der Waals surface area contributed by atoms with Crippen molar-refractivity contribution in [3.63, 3.8) is 0 Å². The van der Waals surface area contributed by atoms with Gasteiger partial charge in [0.1, 0.15) is 18.2 Å². The molecular formula is C13H19N7O2. The normalized spacial score (nSPS) is 19.4. The SMILES string of the molecule is Cn1ccnc1C1CNCCN1CCn1cc([N+](=O)[O-])cn1. The van der Waals surface area contributed by atoms with Gasteiger partial charge in [0, 0.05) is 45.6 Å². The summed E-state index contributed by atoms with van der Waals surface area (Å²) in [5, 5.41) is 18.1. The van der Waals surface area contributed by atoms with E-state index in [1.807, 2.05) is 17.8 Å². The topological polar surface area (TPSA) is 94.0 Å². The molecule has 0 saturated carbocycles. The van der Waals surface area contributed by atoms with Crippen molar-refractivity contribution >= 4 is 5.69 Å². The lowest BCUT2D eigenvalue weighted by Crippen LogP contribution is -2.47. The molecule has 9 heteroatoms. The van der Waals surface area contributed by atoms with Crippen LogP contribution in [-0.2, 0) is 13.6 Å². The Hall–Kier alpha value is -2.26. The van der Waals surface area contributed by atoms with Gasteiger partial charge in [0.05, 0.1) is 17.5 Å². The van der Waals surface area contributed by atoms with Crippen molar-refractivity contribution in [3.05, 3.63) is 40.7 Å². The quantitative estimate of drug-likeness (QED) is 0.625. The molecular weight excluding hydrogens is 286 g/mol. The molecule has 1 N–H and O–H groups in total. The van der Waals surface area contributed by atoms with Gasteiger partial charge in [-0.2, -0.15) is 5.10 Å². The van der Waals surface area contributed by atoms with Crippen LogP contribution in [0.5, 0.6) is 0 Å². The van der Waals surface area contributed by atoms with E-state index in [4.69, 9.17) is 0 Å². The molecule has 2 aromatic heterocycles. The van der Waals surface area contributed by atoms with Crippen LogP contribution in [0.3, 0.4) is 0 Å². The Bertz CT molecular complexity index is 650. The van der Waals surface area contributed by atoms with Gasteiger partial charge in [-0.25, -0.2) is 4.98 Å². The highest BCUT2D eigenvalue weighted by molar-refractivity contribution is 5.20. The molecule has 1 unspecified atom stereocenters. The van der Waals surface area contributed by atoms with Crippen molar-refractivity contribution in [2.45, 2.75) is 12.6 Å². The molecule has 9 nitrogen and oxygen atoms in total. The number of aromatic nitrogens is 4. The Morgan fingerprint density at radius 2 is 2.36 bits per heavy atom. The zero-order chi connectivity index (χ0) is 15.5. The van der Waals surface area contributed by atoms with Gasteiger partial charge in [-0.1, -0.05) is 0 Å². The second-order valence-corrected chi connectivity index (χ2v) is 5.37. The van der Waals surface area contributed by atoms with E-state index in [1.54, 1.807) is 10.9 Å². The predicted molar refractivity (Wildman–Crippen MR) is 79.3 cm³/mol. The fourth-order valence-electron chi connectivity index (χ4n) is 2.77. The molecule has 3 heterocycles. The van der Waals surface area contributed by atoms with E-state index in [2.05, 4.69) is 20.3 Å². The predicted octanol–water partition coefficient (Wildman–Crippen LogP) is 0.171. The highest BCUT2D eigenvalue weighted by atomic mass is 16.6. The minimum absolute atomic E-state index is 0.0287. The van der Waals surface area contributed by atoms with Gasteiger partial charge in [-0.3, -0.25) is 19.7 Å². The number of nitro groups is 1. The lowest BCUT2D eigenvalue weighted by Gasteiger charge is -2.35. The van der Waals surface area contributed by atoms with E-state index in [9.17, 15) is 10.1 Å². The highest BCUT2D eigenvalue weighted by Gasteiger charge is 2.26. The fraction of sp³-hybridized carbons (Fsp3) is 0.538. The summed E-state index contributed by atoms with van der Waals surface area (Å²) in [4.78, 5) is 17.0. The molecule has 0 amide bonds. The van der Waals surface area contributed by atoms with Gasteiger partial charge >= 0.3 is 5.69 Å². The first-order chi connectivity index (χ1) is 10.6. The van der Waals surface area contributed by atoms with Crippen molar-refractivity contribution in [2.75, 3.05) is 26.2 Å². The number of imidazole rings is 1. The number of nitrogens with zero attached hydrogens (tertiary/aromatic N) is 6. The van der Waals surface area contributed by atoms with E-state index in [0.717, 1.165) is 32.0 Å². The summed E-state index contributed by atoms with van der Waals surface area (Å²) in [5.41, 5.74) is 0.0287. The maximum absolute atomic E-state index is 10.7. The van der Waals surface area contributed by atoms with Gasteiger partial charge in [0.15, 0.2) is 0 Å². The molecule has 0 bridgehead atoms. The number of piperazine rings is 1.